The molecule has 32 heavy (non-hydrogen) atoms. The molecule has 0 atom stereocenters. The van der Waals surface area contributed by atoms with Gasteiger partial charge >= 0.3 is 0 Å². The fourth-order valence-electron chi connectivity index (χ4n) is 4.84. The van der Waals surface area contributed by atoms with E-state index >= 15 is 0 Å². The molecule has 168 valence electrons. The van der Waals surface area contributed by atoms with Crippen LogP contribution in [0.3, 0.4) is 0 Å². The van der Waals surface area contributed by atoms with Gasteiger partial charge in [-0.25, -0.2) is 9.97 Å². The van der Waals surface area contributed by atoms with Crippen molar-refractivity contribution in [3.05, 3.63) is 48.4 Å². The van der Waals surface area contributed by atoms with Crippen molar-refractivity contribution in [2.75, 3.05) is 58.5 Å². The molecule has 0 bridgehead atoms. The zero-order valence-electron chi connectivity index (χ0n) is 19.1. The third-order valence-electron chi connectivity index (χ3n) is 6.80. The molecule has 6 heteroatoms. The van der Waals surface area contributed by atoms with E-state index in [9.17, 15) is 0 Å². The molecule has 2 fully saturated rings. The van der Waals surface area contributed by atoms with Crippen molar-refractivity contribution in [2.45, 2.75) is 19.3 Å². The molecule has 0 amide bonds. The van der Waals surface area contributed by atoms with E-state index in [0.717, 1.165) is 55.6 Å². The number of piperidine rings is 1. The summed E-state index contributed by atoms with van der Waals surface area (Å²) in [6.07, 6.45) is 5.33. The summed E-state index contributed by atoms with van der Waals surface area (Å²) in [7, 11) is 3.92. The normalized spacial score (nSPS) is 18.2. The molecule has 2 aliphatic rings. The zero-order chi connectivity index (χ0) is 21.9. The number of hydrogen-bond donors (Lipinski definition) is 0. The largest absolute Gasteiger partial charge is 0.497 e. The van der Waals surface area contributed by atoms with Gasteiger partial charge in [0.1, 0.15) is 11.6 Å². The summed E-state index contributed by atoms with van der Waals surface area (Å²) in [6.45, 7) is 5.62. The van der Waals surface area contributed by atoms with Crippen molar-refractivity contribution in [1.82, 2.24) is 14.9 Å². The van der Waals surface area contributed by atoms with E-state index in [-0.39, 0.29) is 0 Å². The summed E-state index contributed by atoms with van der Waals surface area (Å²) in [5, 5.41) is 2.40. The summed E-state index contributed by atoms with van der Waals surface area (Å²) in [5.41, 5.74) is 3.35. The van der Waals surface area contributed by atoms with Crippen molar-refractivity contribution < 1.29 is 9.47 Å². The van der Waals surface area contributed by atoms with Crippen LogP contribution in [0.5, 0.6) is 5.75 Å². The number of benzene rings is 2. The van der Waals surface area contributed by atoms with Gasteiger partial charge in [0.25, 0.3) is 0 Å². The fourth-order valence-corrected chi connectivity index (χ4v) is 4.84. The lowest BCUT2D eigenvalue weighted by Crippen LogP contribution is -2.36. The fraction of sp³-hybridized carbons (Fsp3) is 0.462. The Morgan fingerprint density at radius 2 is 1.84 bits per heavy atom. The summed E-state index contributed by atoms with van der Waals surface area (Å²) in [6, 6.07) is 12.8. The Bertz CT molecular complexity index is 1070. The van der Waals surface area contributed by atoms with E-state index in [1.165, 1.54) is 42.4 Å². The second-order valence-electron chi connectivity index (χ2n) is 8.99. The molecule has 6 nitrogen and oxygen atoms in total. The molecule has 5 rings (SSSR count). The van der Waals surface area contributed by atoms with Crippen LogP contribution in [-0.2, 0) is 11.2 Å². The SMILES string of the molecule is COc1ccc2cc(-c3ccnc(CC4CCN(C)CC4)n3)cc(N3CCOCC3)c2c1. The molecule has 3 heterocycles. The number of rotatable bonds is 5. The van der Waals surface area contributed by atoms with Gasteiger partial charge in [-0.05, 0) is 74.6 Å². The van der Waals surface area contributed by atoms with Crippen LogP contribution in [0.1, 0.15) is 18.7 Å². The van der Waals surface area contributed by atoms with Gasteiger partial charge in [0.05, 0.1) is 26.0 Å². The standard InChI is InChI=1S/C26H32N4O2/c1-29-9-6-19(7-10-29)15-26-27-8-5-24(28-26)21-16-20-3-4-22(31-2)18-23(20)25(17-21)30-11-13-32-14-12-30/h3-5,8,16-19H,6-7,9-15H2,1-2H3. The van der Waals surface area contributed by atoms with Crippen LogP contribution in [0, 0.1) is 5.92 Å². The van der Waals surface area contributed by atoms with Crippen molar-refractivity contribution in [1.29, 1.82) is 0 Å². The van der Waals surface area contributed by atoms with Crippen LogP contribution in [-0.4, -0.2) is 68.4 Å². The van der Waals surface area contributed by atoms with Crippen molar-refractivity contribution in [2.24, 2.45) is 5.92 Å². The lowest BCUT2D eigenvalue weighted by atomic mass is 9.93. The molecule has 2 aromatic carbocycles. The van der Waals surface area contributed by atoms with Gasteiger partial charge in [-0.2, -0.15) is 0 Å². The summed E-state index contributed by atoms with van der Waals surface area (Å²) in [4.78, 5) is 14.4. The van der Waals surface area contributed by atoms with Crippen molar-refractivity contribution in [3.63, 3.8) is 0 Å². The Kier molecular flexibility index (Phi) is 6.23. The third kappa shape index (κ3) is 4.57. The third-order valence-corrected chi connectivity index (χ3v) is 6.80. The zero-order valence-corrected chi connectivity index (χ0v) is 19.1. The maximum absolute atomic E-state index is 5.60. The van der Waals surface area contributed by atoms with Gasteiger partial charge in [0.2, 0.25) is 0 Å². The Morgan fingerprint density at radius 3 is 2.62 bits per heavy atom. The van der Waals surface area contributed by atoms with Crippen LogP contribution in [0.2, 0.25) is 0 Å². The molecule has 0 saturated carbocycles. The molecule has 0 N–H and O–H groups in total. The molecule has 0 aliphatic carbocycles. The molecule has 0 unspecified atom stereocenters. The van der Waals surface area contributed by atoms with E-state index in [1.54, 1.807) is 7.11 Å². The van der Waals surface area contributed by atoms with Crippen LogP contribution >= 0.6 is 0 Å². The Hall–Kier alpha value is -2.70. The van der Waals surface area contributed by atoms with E-state index in [0.29, 0.717) is 5.92 Å². The minimum Gasteiger partial charge on any atom is -0.497 e. The maximum atomic E-state index is 5.60. The second-order valence-corrected chi connectivity index (χ2v) is 8.99. The Labute approximate surface area is 190 Å². The first-order valence-electron chi connectivity index (χ1n) is 11.6. The van der Waals surface area contributed by atoms with Crippen molar-refractivity contribution >= 4 is 16.5 Å². The molecular formula is C26H32N4O2. The minimum atomic E-state index is 0.675. The number of methoxy groups -OCH3 is 1. The average molecular weight is 433 g/mol. The highest BCUT2D eigenvalue weighted by Crippen LogP contribution is 2.35. The van der Waals surface area contributed by atoms with Crippen LogP contribution in [0.15, 0.2) is 42.6 Å². The molecular weight excluding hydrogens is 400 g/mol. The molecule has 0 radical (unpaired) electrons. The Morgan fingerprint density at radius 1 is 1.03 bits per heavy atom. The van der Waals surface area contributed by atoms with Gasteiger partial charge < -0.3 is 19.3 Å². The van der Waals surface area contributed by atoms with Crippen LogP contribution in [0.4, 0.5) is 5.69 Å². The number of anilines is 1. The highest BCUT2D eigenvalue weighted by Gasteiger charge is 2.19. The lowest BCUT2D eigenvalue weighted by Gasteiger charge is -2.30. The summed E-state index contributed by atoms with van der Waals surface area (Å²) < 4.78 is 11.1. The maximum Gasteiger partial charge on any atom is 0.129 e. The molecule has 2 aliphatic heterocycles. The average Bonchev–Trinajstić information content (AvgIpc) is 2.85. The van der Waals surface area contributed by atoms with Gasteiger partial charge in [-0.15, -0.1) is 0 Å². The Balaban J connectivity index is 1.49. The van der Waals surface area contributed by atoms with E-state index in [2.05, 4.69) is 46.1 Å². The minimum absolute atomic E-state index is 0.675. The van der Waals surface area contributed by atoms with Crippen LogP contribution in [0.25, 0.3) is 22.0 Å². The monoisotopic (exact) mass is 432 g/mol. The number of likely N-dealkylation sites (tertiary alicyclic amines) is 1. The highest BCUT2D eigenvalue weighted by molar-refractivity contribution is 5.98. The first-order valence-corrected chi connectivity index (χ1v) is 11.6. The van der Waals surface area contributed by atoms with E-state index in [1.807, 2.05) is 18.3 Å². The topological polar surface area (TPSA) is 50.7 Å². The number of morpholine rings is 1. The van der Waals surface area contributed by atoms with Gasteiger partial charge in [-0.1, -0.05) is 6.07 Å². The number of fused-ring (bicyclic) bond motifs is 1. The second kappa shape index (κ2) is 9.43. The van der Waals surface area contributed by atoms with Gasteiger partial charge in [0.15, 0.2) is 0 Å². The first kappa shape index (κ1) is 21.2. The predicted molar refractivity (Wildman–Crippen MR) is 128 cm³/mol. The van der Waals surface area contributed by atoms with Crippen molar-refractivity contribution in [3.8, 4) is 17.0 Å². The van der Waals surface area contributed by atoms with Crippen LogP contribution < -0.4 is 9.64 Å². The molecule has 3 aromatic rings. The summed E-state index contributed by atoms with van der Waals surface area (Å²) in [5.74, 6) is 2.51. The number of hydrogen-bond acceptors (Lipinski definition) is 6. The van der Waals surface area contributed by atoms with E-state index in [4.69, 9.17) is 14.5 Å². The predicted octanol–water partition coefficient (Wildman–Crippen LogP) is 4.03. The first-order chi connectivity index (χ1) is 15.7. The number of nitrogens with zero attached hydrogens (tertiary/aromatic N) is 4. The number of ether oxygens (including phenoxy) is 2. The van der Waals surface area contributed by atoms with E-state index < -0.39 is 0 Å². The lowest BCUT2D eigenvalue weighted by molar-refractivity contribution is 0.123. The quantitative estimate of drug-likeness (QED) is 0.607. The molecule has 1 aromatic heterocycles. The summed E-state index contributed by atoms with van der Waals surface area (Å²) >= 11 is 0. The molecule has 2 saturated heterocycles. The highest BCUT2D eigenvalue weighted by atomic mass is 16.5. The molecule has 0 spiro atoms. The van der Waals surface area contributed by atoms with Gasteiger partial charge in [-0.3, -0.25) is 0 Å². The number of aromatic nitrogens is 2. The smallest absolute Gasteiger partial charge is 0.129 e. The van der Waals surface area contributed by atoms with Gasteiger partial charge in [0, 0.05) is 42.3 Å².